The van der Waals surface area contributed by atoms with Gasteiger partial charge in [0, 0.05) is 32.1 Å². The second-order valence-electron chi connectivity index (χ2n) is 6.11. The Morgan fingerprint density at radius 1 is 1.36 bits per heavy atom. The van der Waals surface area contributed by atoms with Crippen molar-refractivity contribution < 1.29 is 22.1 Å². The smallest absolute Gasteiger partial charge is 0.321 e. The van der Waals surface area contributed by atoms with Crippen LogP contribution in [0.4, 0.5) is 10.5 Å². The summed E-state index contributed by atoms with van der Waals surface area (Å²) >= 11 is 0. The molecule has 0 aromatic heterocycles. The van der Waals surface area contributed by atoms with Crippen LogP contribution in [-0.4, -0.2) is 45.3 Å². The summed E-state index contributed by atoms with van der Waals surface area (Å²) in [5, 5.41) is 2.69. The lowest BCUT2D eigenvalue weighted by Crippen LogP contribution is -2.28. The maximum absolute atomic E-state index is 11.9. The van der Waals surface area contributed by atoms with Crippen LogP contribution in [0.1, 0.15) is 19.4 Å². The Kier molecular flexibility index (Phi) is 3.99. The molecule has 1 aromatic carbocycles. The van der Waals surface area contributed by atoms with Crippen molar-refractivity contribution in [2.75, 3.05) is 25.7 Å². The molecule has 1 N–H and O–H groups in total. The van der Waals surface area contributed by atoms with E-state index in [1.807, 2.05) is 13.8 Å². The molecule has 0 fully saturated rings. The molecule has 1 aromatic rings. The molecule has 0 radical (unpaired) electrons. The minimum atomic E-state index is -3.65. The average Bonchev–Trinajstić information content (AvgIpc) is 2.61. The minimum Gasteiger partial charge on any atom is -0.485 e. The third-order valence-corrected chi connectivity index (χ3v) is 3.52. The normalized spacial score (nSPS) is 15.7. The topological polar surface area (TPSA) is 84.9 Å². The number of hydrogen-bond donors (Lipinski definition) is 1. The highest BCUT2D eigenvalue weighted by molar-refractivity contribution is 7.86. The molecule has 22 heavy (non-hydrogen) atoms. The minimum absolute atomic E-state index is 0.150. The van der Waals surface area contributed by atoms with Gasteiger partial charge in [-0.15, -0.1) is 0 Å². The fourth-order valence-electron chi connectivity index (χ4n) is 2.23. The number of nitrogens with zero attached hydrogens (tertiary/aromatic N) is 1. The van der Waals surface area contributed by atoms with Gasteiger partial charge in [0.2, 0.25) is 0 Å². The lowest BCUT2D eigenvalue weighted by atomic mass is 10.0. The van der Waals surface area contributed by atoms with Gasteiger partial charge in [0.05, 0.1) is 11.9 Å². The van der Waals surface area contributed by atoms with E-state index in [0.717, 1.165) is 11.8 Å². The number of ether oxygens (including phenoxy) is 1. The van der Waals surface area contributed by atoms with Crippen LogP contribution in [0.3, 0.4) is 0 Å². The first-order valence-corrected chi connectivity index (χ1v) is 8.52. The van der Waals surface area contributed by atoms with Gasteiger partial charge in [0.25, 0.3) is 0 Å². The van der Waals surface area contributed by atoms with Crippen LogP contribution < -0.4 is 14.2 Å². The molecule has 1 heterocycles. The molecule has 2 rings (SSSR count). The standard InChI is InChI=1S/C14H20N2O5S/c1-14(2)8-9-6-10(21-22(5,18)19)7-11(12(9)20-14)15-13(17)16(3)4/h6-7H,8H2,1-5H3,(H,15,17). The molecule has 0 bridgehead atoms. The summed E-state index contributed by atoms with van der Waals surface area (Å²) in [5.74, 6) is 0.692. The van der Waals surface area contributed by atoms with Gasteiger partial charge in [0.1, 0.15) is 17.1 Å². The Hall–Kier alpha value is -1.96. The van der Waals surface area contributed by atoms with E-state index in [-0.39, 0.29) is 11.8 Å². The second kappa shape index (κ2) is 5.35. The predicted octanol–water partition coefficient (Wildman–Crippen LogP) is 1.83. The van der Waals surface area contributed by atoms with Crippen LogP contribution in [0.15, 0.2) is 12.1 Å². The van der Waals surface area contributed by atoms with Gasteiger partial charge in [-0.1, -0.05) is 0 Å². The molecule has 0 aliphatic carbocycles. The van der Waals surface area contributed by atoms with Gasteiger partial charge in [-0.2, -0.15) is 8.42 Å². The van der Waals surface area contributed by atoms with Crippen LogP contribution in [0.25, 0.3) is 0 Å². The third kappa shape index (κ3) is 3.82. The summed E-state index contributed by atoms with van der Waals surface area (Å²) in [7, 11) is -0.432. The molecule has 0 unspecified atom stereocenters. The van der Waals surface area contributed by atoms with Crippen LogP contribution in [-0.2, 0) is 16.5 Å². The summed E-state index contributed by atoms with van der Waals surface area (Å²) in [6.07, 6.45) is 1.56. The summed E-state index contributed by atoms with van der Waals surface area (Å²) in [4.78, 5) is 13.2. The zero-order valence-electron chi connectivity index (χ0n) is 13.3. The highest BCUT2D eigenvalue weighted by atomic mass is 32.2. The Morgan fingerprint density at radius 2 is 2.00 bits per heavy atom. The van der Waals surface area contributed by atoms with Gasteiger partial charge in [-0.05, 0) is 19.9 Å². The van der Waals surface area contributed by atoms with Crippen molar-refractivity contribution in [1.29, 1.82) is 0 Å². The number of hydrogen-bond acceptors (Lipinski definition) is 5. The number of amides is 2. The second-order valence-corrected chi connectivity index (χ2v) is 7.68. The highest BCUT2D eigenvalue weighted by Gasteiger charge is 2.33. The fraction of sp³-hybridized carbons (Fsp3) is 0.500. The molecule has 0 spiro atoms. The Balaban J connectivity index is 2.44. The van der Waals surface area contributed by atoms with E-state index in [1.165, 1.54) is 11.0 Å². The average molecular weight is 328 g/mol. The van der Waals surface area contributed by atoms with Crippen LogP contribution >= 0.6 is 0 Å². The molecule has 1 aliphatic rings. The van der Waals surface area contributed by atoms with Crippen LogP contribution in [0, 0.1) is 0 Å². The van der Waals surface area contributed by atoms with E-state index in [4.69, 9.17) is 8.92 Å². The van der Waals surface area contributed by atoms with E-state index < -0.39 is 15.7 Å². The van der Waals surface area contributed by atoms with Crippen molar-refractivity contribution in [1.82, 2.24) is 4.90 Å². The predicted molar refractivity (Wildman–Crippen MR) is 83.0 cm³/mol. The van der Waals surface area contributed by atoms with Crippen molar-refractivity contribution >= 4 is 21.8 Å². The number of nitrogens with one attached hydrogen (secondary N) is 1. The largest absolute Gasteiger partial charge is 0.485 e. The molecule has 0 saturated heterocycles. The Bertz CT molecular complexity index is 710. The van der Waals surface area contributed by atoms with Crippen molar-refractivity contribution in [3.8, 4) is 11.5 Å². The van der Waals surface area contributed by atoms with E-state index in [2.05, 4.69) is 5.32 Å². The van der Waals surface area contributed by atoms with Gasteiger partial charge in [-0.3, -0.25) is 0 Å². The van der Waals surface area contributed by atoms with Crippen molar-refractivity contribution in [3.63, 3.8) is 0 Å². The van der Waals surface area contributed by atoms with Crippen LogP contribution in [0.2, 0.25) is 0 Å². The molecule has 0 atom stereocenters. The first-order chi connectivity index (χ1) is 9.97. The maximum atomic E-state index is 11.9. The number of carbonyl (C=O) groups is 1. The molecule has 0 saturated carbocycles. The van der Waals surface area contributed by atoms with Crippen molar-refractivity contribution in [2.24, 2.45) is 0 Å². The number of rotatable bonds is 3. The number of urea groups is 1. The van der Waals surface area contributed by atoms with Crippen molar-refractivity contribution in [2.45, 2.75) is 25.9 Å². The van der Waals surface area contributed by atoms with Gasteiger partial charge < -0.3 is 19.1 Å². The molecule has 8 heteroatoms. The number of anilines is 1. The van der Waals surface area contributed by atoms with Crippen LogP contribution in [0.5, 0.6) is 11.5 Å². The monoisotopic (exact) mass is 328 g/mol. The summed E-state index contributed by atoms with van der Waals surface area (Å²) in [6, 6.07) is 2.73. The summed E-state index contributed by atoms with van der Waals surface area (Å²) in [6.45, 7) is 3.84. The van der Waals surface area contributed by atoms with E-state index >= 15 is 0 Å². The number of benzene rings is 1. The highest BCUT2D eigenvalue weighted by Crippen LogP contribution is 2.43. The molecule has 1 aliphatic heterocycles. The van der Waals surface area contributed by atoms with E-state index in [9.17, 15) is 13.2 Å². The SMILES string of the molecule is CN(C)C(=O)Nc1cc(OS(C)(=O)=O)cc2c1OC(C)(C)C2. The maximum Gasteiger partial charge on any atom is 0.321 e. The Labute approximate surface area is 130 Å². The van der Waals surface area contributed by atoms with Gasteiger partial charge in [-0.25, -0.2) is 4.79 Å². The molecular weight excluding hydrogens is 308 g/mol. The quantitative estimate of drug-likeness (QED) is 0.856. The fourth-order valence-corrected chi connectivity index (χ4v) is 2.67. The van der Waals surface area contributed by atoms with Gasteiger partial charge in [0.15, 0.2) is 0 Å². The first kappa shape index (κ1) is 16.4. The lowest BCUT2D eigenvalue weighted by molar-refractivity contribution is 0.139. The zero-order chi connectivity index (χ0) is 16.7. The zero-order valence-corrected chi connectivity index (χ0v) is 14.1. The summed E-state index contributed by atoms with van der Waals surface area (Å²) < 4.78 is 33.4. The van der Waals surface area contributed by atoms with E-state index in [0.29, 0.717) is 17.9 Å². The third-order valence-electron chi connectivity index (χ3n) is 3.03. The summed E-state index contributed by atoms with van der Waals surface area (Å²) in [5.41, 5.74) is 0.754. The molecule has 2 amide bonds. The number of carbonyl (C=O) groups excluding carboxylic acids is 1. The van der Waals surface area contributed by atoms with Gasteiger partial charge >= 0.3 is 16.1 Å². The molecule has 122 valence electrons. The van der Waals surface area contributed by atoms with Crippen molar-refractivity contribution in [3.05, 3.63) is 17.7 Å². The first-order valence-electron chi connectivity index (χ1n) is 6.70. The van der Waals surface area contributed by atoms with E-state index in [1.54, 1.807) is 20.2 Å². The Morgan fingerprint density at radius 3 is 2.55 bits per heavy atom. The lowest BCUT2D eigenvalue weighted by Gasteiger charge is -2.19. The number of fused-ring (bicyclic) bond motifs is 1. The molecule has 7 nitrogen and oxygen atoms in total. The molecular formula is C14H20N2O5S.